The van der Waals surface area contributed by atoms with Gasteiger partial charge in [-0.3, -0.25) is 0 Å². The monoisotopic (exact) mass is 351 g/mol. The lowest BCUT2D eigenvalue weighted by Crippen LogP contribution is -2.36. The Bertz CT molecular complexity index is 662. The van der Waals surface area contributed by atoms with Gasteiger partial charge in [0.15, 0.2) is 0 Å². The Balaban J connectivity index is 1.63. The molecular formula is C24H33NO. The lowest BCUT2D eigenvalue weighted by molar-refractivity contribution is -0.0771. The minimum absolute atomic E-state index is 0.00330. The van der Waals surface area contributed by atoms with Crippen molar-refractivity contribution in [3.8, 4) is 0 Å². The summed E-state index contributed by atoms with van der Waals surface area (Å²) in [4.78, 5) is 0. The van der Waals surface area contributed by atoms with Gasteiger partial charge in [-0.25, -0.2) is 0 Å². The smallest absolute Gasteiger partial charge is 0.0629 e. The van der Waals surface area contributed by atoms with Crippen LogP contribution in [0.15, 0.2) is 54.6 Å². The molecule has 26 heavy (non-hydrogen) atoms. The van der Waals surface area contributed by atoms with Crippen molar-refractivity contribution in [2.75, 3.05) is 13.2 Å². The van der Waals surface area contributed by atoms with Crippen molar-refractivity contribution >= 4 is 0 Å². The van der Waals surface area contributed by atoms with Crippen LogP contribution in [0.2, 0.25) is 0 Å². The Morgan fingerprint density at radius 1 is 1.08 bits per heavy atom. The van der Waals surface area contributed by atoms with E-state index in [4.69, 9.17) is 4.74 Å². The second kappa shape index (κ2) is 8.83. The van der Waals surface area contributed by atoms with E-state index in [1.165, 1.54) is 29.5 Å². The fourth-order valence-electron chi connectivity index (χ4n) is 4.20. The highest BCUT2D eigenvalue weighted by Crippen LogP contribution is 2.39. The SMILES string of the molecule is Cc1ccc([C@@H](CCNCc2ccccc2)[C@@H]2CCOC(C)(C)C2)cc1. The second-order valence-electron chi connectivity index (χ2n) is 8.33. The first-order valence-electron chi connectivity index (χ1n) is 9.99. The Hall–Kier alpha value is -1.64. The van der Waals surface area contributed by atoms with E-state index < -0.39 is 0 Å². The van der Waals surface area contributed by atoms with Crippen LogP contribution in [-0.2, 0) is 11.3 Å². The zero-order valence-electron chi connectivity index (χ0n) is 16.5. The van der Waals surface area contributed by atoms with E-state index in [-0.39, 0.29) is 5.60 Å². The number of rotatable bonds is 7. The van der Waals surface area contributed by atoms with Crippen molar-refractivity contribution in [1.82, 2.24) is 5.32 Å². The van der Waals surface area contributed by atoms with Crippen LogP contribution in [-0.4, -0.2) is 18.8 Å². The number of hydrogen-bond acceptors (Lipinski definition) is 2. The van der Waals surface area contributed by atoms with Gasteiger partial charge in [0.2, 0.25) is 0 Å². The minimum atomic E-state index is 0.00330. The van der Waals surface area contributed by atoms with Crippen LogP contribution in [0.25, 0.3) is 0 Å². The molecule has 3 rings (SSSR count). The molecule has 1 heterocycles. The van der Waals surface area contributed by atoms with Crippen LogP contribution < -0.4 is 5.32 Å². The number of benzene rings is 2. The first kappa shape index (κ1) is 19.1. The summed E-state index contributed by atoms with van der Waals surface area (Å²) in [7, 11) is 0. The fraction of sp³-hybridized carbons (Fsp3) is 0.500. The maximum absolute atomic E-state index is 5.97. The van der Waals surface area contributed by atoms with Gasteiger partial charge in [0.05, 0.1) is 5.60 Å². The maximum atomic E-state index is 5.97. The van der Waals surface area contributed by atoms with Crippen LogP contribution in [0.4, 0.5) is 0 Å². The summed E-state index contributed by atoms with van der Waals surface area (Å²) in [5.41, 5.74) is 4.18. The molecule has 1 fully saturated rings. The number of ether oxygens (including phenoxy) is 1. The average Bonchev–Trinajstić information content (AvgIpc) is 2.63. The van der Waals surface area contributed by atoms with Gasteiger partial charge in [-0.05, 0) is 69.5 Å². The van der Waals surface area contributed by atoms with Crippen LogP contribution in [0.3, 0.4) is 0 Å². The molecule has 2 atom stereocenters. The van der Waals surface area contributed by atoms with Gasteiger partial charge in [0.1, 0.15) is 0 Å². The van der Waals surface area contributed by atoms with Gasteiger partial charge in [-0.2, -0.15) is 0 Å². The predicted octanol–water partition coefficient (Wildman–Crippen LogP) is 5.46. The fourth-order valence-corrected chi connectivity index (χ4v) is 4.20. The lowest BCUT2D eigenvalue weighted by Gasteiger charge is -2.39. The van der Waals surface area contributed by atoms with Crippen molar-refractivity contribution < 1.29 is 4.74 Å². The highest BCUT2D eigenvalue weighted by molar-refractivity contribution is 5.25. The molecule has 0 spiro atoms. The predicted molar refractivity (Wildman–Crippen MR) is 109 cm³/mol. The van der Waals surface area contributed by atoms with E-state index in [0.29, 0.717) is 11.8 Å². The van der Waals surface area contributed by atoms with Gasteiger partial charge in [-0.1, -0.05) is 60.2 Å². The van der Waals surface area contributed by atoms with Crippen molar-refractivity contribution in [1.29, 1.82) is 0 Å². The third-order valence-corrected chi connectivity index (χ3v) is 5.61. The molecule has 2 aromatic carbocycles. The highest BCUT2D eigenvalue weighted by Gasteiger charge is 2.33. The largest absolute Gasteiger partial charge is 0.376 e. The molecule has 0 unspecified atom stereocenters. The Morgan fingerprint density at radius 3 is 2.50 bits per heavy atom. The lowest BCUT2D eigenvalue weighted by atomic mass is 9.75. The van der Waals surface area contributed by atoms with E-state index in [2.05, 4.69) is 80.7 Å². The molecule has 1 saturated heterocycles. The number of aryl methyl sites for hydroxylation is 1. The molecule has 0 aliphatic carbocycles. The standard InChI is InChI=1S/C24H33NO/c1-19-9-11-21(12-10-19)23(22-14-16-26-24(2,3)17-22)13-15-25-18-20-7-5-4-6-8-20/h4-12,22-23,25H,13-18H2,1-3H3/t22-,23-/m1/s1. The second-order valence-corrected chi connectivity index (χ2v) is 8.33. The third-order valence-electron chi connectivity index (χ3n) is 5.61. The molecule has 2 heteroatoms. The molecule has 0 amide bonds. The molecule has 1 aliphatic heterocycles. The number of hydrogen-bond donors (Lipinski definition) is 1. The summed E-state index contributed by atoms with van der Waals surface area (Å²) >= 11 is 0. The molecule has 0 bridgehead atoms. The topological polar surface area (TPSA) is 21.3 Å². The first-order chi connectivity index (χ1) is 12.5. The normalized spacial score (nSPS) is 20.7. The van der Waals surface area contributed by atoms with Gasteiger partial charge >= 0.3 is 0 Å². The Labute approximate surface area is 159 Å². The van der Waals surface area contributed by atoms with Crippen molar-refractivity contribution in [2.24, 2.45) is 5.92 Å². The van der Waals surface area contributed by atoms with Gasteiger partial charge in [0.25, 0.3) is 0 Å². The third kappa shape index (κ3) is 5.43. The van der Waals surface area contributed by atoms with Gasteiger partial charge in [0, 0.05) is 13.2 Å². The average molecular weight is 352 g/mol. The minimum Gasteiger partial charge on any atom is -0.376 e. The van der Waals surface area contributed by atoms with E-state index in [1.54, 1.807) is 0 Å². The summed E-state index contributed by atoms with van der Waals surface area (Å²) in [6.07, 6.45) is 3.49. The van der Waals surface area contributed by atoms with E-state index in [0.717, 1.165) is 26.1 Å². The Morgan fingerprint density at radius 2 is 1.81 bits per heavy atom. The van der Waals surface area contributed by atoms with Crippen LogP contribution >= 0.6 is 0 Å². The van der Waals surface area contributed by atoms with Crippen molar-refractivity contribution in [2.45, 2.75) is 58.1 Å². The number of nitrogens with one attached hydrogen (secondary N) is 1. The van der Waals surface area contributed by atoms with E-state index >= 15 is 0 Å². The molecule has 0 radical (unpaired) electrons. The van der Waals surface area contributed by atoms with E-state index in [1.807, 2.05) is 0 Å². The molecule has 1 N–H and O–H groups in total. The highest BCUT2D eigenvalue weighted by atomic mass is 16.5. The summed E-state index contributed by atoms with van der Waals surface area (Å²) in [6.45, 7) is 9.51. The van der Waals surface area contributed by atoms with Crippen LogP contribution in [0.5, 0.6) is 0 Å². The van der Waals surface area contributed by atoms with Crippen LogP contribution in [0.1, 0.15) is 55.7 Å². The van der Waals surface area contributed by atoms with Crippen molar-refractivity contribution in [3.05, 3.63) is 71.3 Å². The zero-order valence-corrected chi connectivity index (χ0v) is 16.5. The molecule has 0 aromatic heterocycles. The summed E-state index contributed by atoms with van der Waals surface area (Å²) in [6, 6.07) is 19.8. The summed E-state index contributed by atoms with van der Waals surface area (Å²) in [5, 5.41) is 3.64. The first-order valence-corrected chi connectivity index (χ1v) is 9.99. The molecule has 0 saturated carbocycles. The summed E-state index contributed by atoms with van der Waals surface area (Å²) in [5.74, 6) is 1.29. The van der Waals surface area contributed by atoms with Gasteiger partial charge < -0.3 is 10.1 Å². The Kier molecular flexibility index (Phi) is 6.50. The zero-order chi connectivity index (χ0) is 18.4. The van der Waals surface area contributed by atoms with Gasteiger partial charge in [-0.15, -0.1) is 0 Å². The molecule has 140 valence electrons. The molecule has 2 nitrogen and oxygen atoms in total. The van der Waals surface area contributed by atoms with E-state index in [9.17, 15) is 0 Å². The van der Waals surface area contributed by atoms with Crippen molar-refractivity contribution in [3.63, 3.8) is 0 Å². The maximum Gasteiger partial charge on any atom is 0.0629 e. The molecule has 2 aromatic rings. The molecule has 1 aliphatic rings. The quantitative estimate of drug-likeness (QED) is 0.668. The van der Waals surface area contributed by atoms with Crippen LogP contribution in [0, 0.1) is 12.8 Å². The summed E-state index contributed by atoms with van der Waals surface area (Å²) < 4.78 is 5.97. The molecular weight excluding hydrogens is 318 g/mol.